The fourth-order valence-corrected chi connectivity index (χ4v) is 6.75. The van der Waals surface area contributed by atoms with Crippen LogP contribution >= 0.6 is 11.3 Å². The van der Waals surface area contributed by atoms with Crippen LogP contribution in [0.25, 0.3) is 0 Å². The number of benzene rings is 1. The van der Waals surface area contributed by atoms with Crippen molar-refractivity contribution in [3.63, 3.8) is 0 Å². The number of thiazole rings is 1. The van der Waals surface area contributed by atoms with Crippen LogP contribution in [0, 0.1) is 11.3 Å². The Morgan fingerprint density at radius 1 is 1.23 bits per heavy atom. The van der Waals surface area contributed by atoms with Crippen LogP contribution in [0.2, 0.25) is 0 Å². The lowest BCUT2D eigenvalue weighted by Crippen LogP contribution is -2.39. The molecule has 1 atom stereocenters. The molecule has 166 valence electrons. The van der Waals surface area contributed by atoms with Crippen LogP contribution in [0.3, 0.4) is 0 Å². The lowest BCUT2D eigenvalue weighted by atomic mass is 9.78. The summed E-state index contributed by atoms with van der Waals surface area (Å²) in [6, 6.07) is 5.97. The number of hydrogen-bond donors (Lipinski definition) is 1. The molecule has 1 amide bonds. The van der Waals surface area contributed by atoms with Gasteiger partial charge in [-0.2, -0.15) is 4.31 Å². The largest absolute Gasteiger partial charge is 0.298 e. The van der Waals surface area contributed by atoms with E-state index in [2.05, 4.69) is 17.2 Å². The van der Waals surface area contributed by atoms with Crippen molar-refractivity contribution in [3.05, 3.63) is 40.4 Å². The predicted octanol–water partition coefficient (Wildman–Crippen LogP) is 3.97. The number of aromatic nitrogens is 1. The lowest BCUT2D eigenvalue weighted by Gasteiger charge is -2.30. The first-order valence-electron chi connectivity index (χ1n) is 10.5. The normalized spacial score (nSPS) is 21.5. The Labute approximate surface area is 186 Å². The number of fused-ring (bicyclic) bond motifs is 1. The van der Waals surface area contributed by atoms with Crippen molar-refractivity contribution in [1.29, 1.82) is 0 Å². The zero-order chi connectivity index (χ0) is 22.4. The predicted molar refractivity (Wildman–Crippen MR) is 120 cm³/mol. The maximum Gasteiger partial charge on any atom is 0.257 e. The highest BCUT2D eigenvalue weighted by atomic mass is 32.2. The monoisotopic (exact) mass is 461 g/mol. The summed E-state index contributed by atoms with van der Waals surface area (Å²) in [5.41, 5.74) is 0.942. The molecule has 2 aromatic rings. The van der Waals surface area contributed by atoms with E-state index in [4.69, 9.17) is 0 Å². The SMILES string of the molecule is C[C@@H]1CCCN(S(=O)(=O)c2ccc(C(=O)Nc3nc4c(s3)C(=O)CC(C)(C)C4)cc2)C1. The van der Waals surface area contributed by atoms with E-state index in [9.17, 15) is 18.0 Å². The first-order chi connectivity index (χ1) is 14.5. The summed E-state index contributed by atoms with van der Waals surface area (Å²) in [4.78, 5) is 30.3. The third-order valence-corrected chi connectivity index (χ3v) is 8.76. The number of carbonyl (C=O) groups is 2. The quantitative estimate of drug-likeness (QED) is 0.743. The number of hydrogen-bond acceptors (Lipinski definition) is 6. The summed E-state index contributed by atoms with van der Waals surface area (Å²) in [5.74, 6) is 0.0225. The molecular weight excluding hydrogens is 434 g/mol. The van der Waals surface area contributed by atoms with Crippen molar-refractivity contribution in [3.8, 4) is 0 Å². The maximum atomic E-state index is 12.9. The van der Waals surface area contributed by atoms with E-state index >= 15 is 0 Å². The van der Waals surface area contributed by atoms with E-state index in [0.717, 1.165) is 18.5 Å². The lowest BCUT2D eigenvalue weighted by molar-refractivity contribution is 0.0915. The second-order valence-electron chi connectivity index (χ2n) is 9.32. The molecule has 31 heavy (non-hydrogen) atoms. The molecule has 0 radical (unpaired) electrons. The molecule has 1 saturated heterocycles. The number of rotatable bonds is 4. The molecule has 9 heteroatoms. The van der Waals surface area contributed by atoms with Gasteiger partial charge >= 0.3 is 0 Å². The number of Topliss-reactive ketones (excluding diaryl/α,β-unsaturated/α-hetero) is 1. The van der Waals surface area contributed by atoms with Gasteiger partial charge in [0.1, 0.15) is 0 Å². The molecule has 0 unspecified atom stereocenters. The number of anilines is 1. The van der Waals surface area contributed by atoms with Gasteiger partial charge in [-0.25, -0.2) is 13.4 Å². The Kier molecular flexibility index (Phi) is 5.78. The van der Waals surface area contributed by atoms with Crippen molar-refractivity contribution in [2.24, 2.45) is 11.3 Å². The van der Waals surface area contributed by atoms with Crippen molar-refractivity contribution < 1.29 is 18.0 Å². The van der Waals surface area contributed by atoms with Gasteiger partial charge in [0.25, 0.3) is 5.91 Å². The average molecular weight is 462 g/mol. The fourth-order valence-electron chi connectivity index (χ4n) is 4.23. The number of amides is 1. The minimum absolute atomic E-state index is 0.0610. The molecule has 0 bridgehead atoms. The zero-order valence-electron chi connectivity index (χ0n) is 18.0. The van der Waals surface area contributed by atoms with E-state index < -0.39 is 10.0 Å². The van der Waals surface area contributed by atoms with Gasteiger partial charge < -0.3 is 0 Å². The van der Waals surface area contributed by atoms with Gasteiger partial charge in [-0.15, -0.1) is 0 Å². The summed E-state index contributed by atoms with van der Waals surface area (Å²) < 4.78 is 27.3. The fraction of sp³-hybridized carbons (Fsp3) is 0.500. The number of carbonyl (C=O) groups excluding carboxylic acids is 2. The smallest absolute Gasteiger partial charge is 0.257 e. The molecule has 0 saturated carbocycles. The summed E-state index contributed by atoms with van der Waals surface area (Å²) in [6.45, 7) is 7.17. The van der Waals surface area contributed by atoms with Crippen LogP contribution in [0.4, 0.5) is 5.13 Å². The Hall–Kier alpha value is -2.10. The first-order valence-corrected chi connectivity index (χ1v) is 12.8. The molecule has 1 N–H and O–H groups in total. The second-order valence-corrected chi connectivity index (χ2v) is 12.3. The molecule has 1 aliphatic heterocycles. The van der Waals surface area contributed by atoms with Gasteiger partial charge in [0.2, 0.25) is 10.0 Å². The van der Waals surface area contributed by atoms with E-state index in [1.54, 1.807) is 0 Å². The Balaban J connectivity index is 1.48. The number of ketones is 1. The zero-order valence-corrected chi connectivity index (χ0v) is 19.6. The highest BCUT2D eigenvalue weighted by Crippen LogP contribution is 2.38. The number of piperidine rings is 1. The molecular formula is C22H27N3O4S2. The summed E-state index contributed by atoms with van der Waals surface area (Å²) in [6.07, 6.45) is 3.07. The van der Waals surface area contributed by atoms with Crippen LogP contribution < -0.4 is 5.32 Å². The third-order valence-electron chi connectivity index (χ3n) is 5.83. The molecule has 2 heterocycles. The number of sulfonamides is 1. The Morgan fingerprint density at radius 2 is 1.94 bits per heavy atom. The van der Waals surface area contributed by atoms with E-state index in [-0.39, 0.29) is 22.0 Å². The van der Waals surface area contributed by atoms with Gasteiger partial charge in [0.05, 0.1) is 15.5 Å². The van der Waals surface area contributed by atoms with E-state index in [0.29, 0.717) is 47.4 Å². The third kappa shape index (κ3) is 4.58. The number of nitrogens with one attached hydrogen (secondary N) is 1. The second kappa shape index (κ2) is 8.11. The van der Waals surface area contributed by atoms with Crippen molar-refractivity contribution in [2.45, 2.75) is 51.3 Å². The van der Waals surface area contributed by atoms with Crippen molar-refractivity contribution in [2.75, 3.05) is 18.4 Å². The van der Waals surface area contributed by atoms with Gasteiger partial charge in [0.15, 0.2) is 10.9 Å². The van der Waals surface area contributed by atoms with Gasteiger partial charge in [0, 0.05) is 25.1 Å². The molecule has 0 spiro atoms. The topological polar surface area (TPSA) is 96.4 Å². The highest BCUT2D eigenvalue weighted by Gasteiger charge is 2.34. The van der Waals surface area contributed by atoms with Gasteiger partial charge in [-0.3, -0.25) is 14.9 Å². The average Bonchev–Trinajstić information content (AvgIpc) is 3.09. The highest BCUT2D eigenvalue weighted by molar-refractivity contribution is 7.89. The minimum Gasteiger partial charge on any atom is -0.298 e. The van der Waals surface area contributed by atoms with Crippen LogP contribution in [0.15, 0.2) is 29.2 Å². The van der Waals surface area contributed by atoms with Crippen LogP contribution in [0.5, 0.6) is 0 Å². The molecule has 1 aromatic carbocycles. The standard InChI is InChI=1S/C22H27N3O4S2/c1-14-5-4-10-25(13-14)31(28,29)16-8-6-15(7-9-16)20(27)24-21-23-17-11-22(2,3)12-18(26)19(17)30-21/h6-9,14H,4-5,10-13H2,1-3H3,(H,23,24,27)/t14-/m1/s1. The molecule has 1 fully saturated rings. The van der Waals surface area contributed by atoms with Crippen molar-refractivity contribution in [1.82, 2.24) is 9.29 Å². The van der Waals surface area contributed by atoms with Gasteiger partial charge in [-0.1, -0.05) is 32.1 Å². The molecule has 4 rings (SSSR count). The summed E-state index contributed by atoms with van der Waals surface area (Å²) in [5, 5.41) is 3.14. The van der Waals surface area contributed by atoms with Crippen LogP contribution in [0.1, 0.15) is 65.8 Å². The maximum absolute atomic E-state index is 12.9. The van der Waals surface area contributed by atoms with E-state index in [1.807, 2.05) is 13.8 Å². The van der Waals surface area contributed by atoms with E-state index in [1.165, 1.54) is 39.9 Å². The summed E-state index contributed by atoms with van der Waals surface area (Å²) >= 11 is 1.20. The Morgan fingerprint density at radius 3 is 2.61 bits per heavy atom. The summed E-state index contributed by atoms with van der Waals surface area (Å²) in [7, 11) is -3.56. The van der Waals surface area contributed by atoms with Crippen LogP contribution in [-0.2, 0) is 16.4 Å². The molecule has 1 aliphatic carbocycles. The van der Waals surface area contributed by atoms with Crippen LogP contribution in [-0.4, -0.2) is 42.5 Å². The number of nitrogens with zero attached hydrogens (tertiary/aromatic N) is 2. The first kappa shape index (κ1) is 22.1. The molecule has 7 nitrogen and oxygen atoms in total. The minimum atomic E-state index is -3.56. The van der Waals surface area contributed by atoms with Gasteiger partial charge in [-0.05, 0) is 54.9 Å². The molecule has 1 aromatic heterocycles. The molecule has 2 aliphatic rings. The van der Waals surface area contributed by atoms with Crippen molar-refractivity contribution >= 4 is 38.2 Å². The Bertz CT molecular complexity index is 1120.